The number of rotatable bonds is 3. The van der Waals surface area contributed by atoms with Gasteiger partial charge in [0.2, 0.25) is 5.91 Å². The minimum Gasteiger partial charge on any atom is -0.340 e. The summed E-state index contributed by atoms with van der Waals surface area (Å²) in [5.74, 6) is 0.300. The molecule has 0 bridgehead atoms. The second-order valence-corrected chi connectivity index (χ2v) is 6.03. The molecule has 0 aliphatic carbocycles. The van der Waals surface area contributed by atoms with Gasteiger partial charge in [-0.1, -0.05) is 0 Å². The van der Waals surface area contributed by atoms with Crippen molar-refractivity contribution >= 4 is 5.91 Å². The van der Waals surface area contributed by atoms with Crippen LogP contribution in [0.3, 0.4) is 0 Å². The maximum Gasteiger partial charge on any atom is 0.223 e. The Morgan fingerprint density at radius 1 is 1.18 bits per heavy atom. The first-order valence-electron chi connectivity index (χ1n) is 6.48. The smallest absolute Gasteiger partial charge is 0.223 e. The van der Waals surface area contributed by atoms with Gasteiger partial charge in [0.05, 0.1) is 0 Å². The van der Waals surface area contributed by atoms with Crippen LogP contribution in [-0.4, -0.2) is 73.0 Å². The molecule has 0 radical (unpaired) electrons. The quantitative estimate of drug-likeness (QED) is 0.734. The van der Waals surface area contributed by atoms with Crippen LogP contribution < -0.4 is 0 Å². The molecule has 0 N–H and O–H groups in total. The van der Waals surface area contributed by atoms with Gasteiger partial charge in [-0.15, -0.1) is 0 Å². The average Bonchev–Trinajstić information content (AvgIpc) is 2.25. The summed E-state index contributed by atoms with van der Waals surface area (Å²) < 4.78 is 0. The standard InChI is InChI=1S/C13H27N3O/c1-13(2,3)15(5)7-6-12(17)16-10-8-14(4)9-11-16/h6-11H2,1-5H3. The van der Waals surface area contributed by atoms with E-state index in [0.29, 0.717) is 12.3 Å². The maximum atomic E-state index is 12.0. The zero-order valence-corrected chi connectivity index (χ0v) is 12.0. The second-order valence-electron chi connectivity index (χ2n) is 6.03. The number of carbonyl (C=O) groups excluding carboxylic acids is 1. The zero-order valence-electron chi connectivity index (χ0n) is 12.0. The molecule has 1 saturated heterocycles. The van der Waals surface area contributed by atoms with Crippen molar-refractivity contribution in [2.45, 2.75) is 32.7 Å². The van der Waals surface area contributed by atoms with Gasteiger partial charge >= 0.3 is 0 Å². The SMILES string of the molecule is CN1CCN(C(=O)CCN(C)C(C)(C)C)CC1. The lowest BCUT2D eigenvalue weighted by atomic mass is 10.1. The Morgan fingerprint density at radius 3 is 2.18 bits per heavy atom. The molecular weight excluding hydrogens is 214 g/mol. The van der Waals surface area contributed by atoms with E-state index >= 15 is 0 Å². The molecule has 1 rings (SSSR count). The highest BCUT2D eigenvalue weighted by atomic mass is 16.2. The van der Waals surface area contributed by atoms with E-state index in [1.807, 2.05) is 4.90 Å². The zero-order chi connectivity index (χ0) is 13.1. The van der Waals surface area contributed by atoms with E-state index in [-0.39, 0.29) is 5.54 Å². The van der Waals surface area contributed by atoms with E-state index in [1.165, 1.54) is 0 Å². The van der Waals surface area contributed by atoms with Crippen LogP contribution in [-0.2, 0) is 4.79 Å². The fourth-order valence-corrected chi connectivity index (χ4v) is 1.81. The summed E-state index contributed by atoms with van der Waals surface area (Å²) in [6.45, 7) is 11.1. The van der Waals surface area contributed by atoms with E-state index < -0.39 is 0 Å². The van der Waals surface area contributed by atoms with E-state index in [0.717, 1.165) is 32.7 Å². The minimum absolute atomic E-state index is 0.141. The Bertz CT molecular complexity index is 252. The van der Waals surface area contributed by atoms with Crippen LogP contribution in [0, 0.1) is 0 Å². The maximum absolute atomic E-state index is 12.0. The summed E-state index contributed by atoms with van der Waals surface area (Å²) in [6, 6.07) is 0. The third kappa shape index (κ3) is 4.64. The molecule has 17 heavy (non-hydrogen) atoms. The first-order chi connectivity index (χ1) is 7.80. The highest BCUT2D eigenvalue weighted by molar-refractivity contribution is 5.76. The van der Waals surface area contributed by atoms with Crippen molar-refractivity contribution in [3.05, 3.63) is 0 Å². The van der Waals surface area contributed by atoms with Crippen LogP contribution in [0.1, 0.15) is 27.2 Å². The summed E-state index contributed by atoms with van der Waals surface area (Å²) in [7, 11) is 4.19. The van der Waals surface area contributed by atoms with Crippen molar-refractivity contribution in [2.24, 2.45) is 0 Å². The van der Waals surface area contributed by atoms with Gasteiger partial charge in [-0.3, -0.25) is 4.79 Å². The lowest BCUT2D eigenvalue weighted by molar-refractivity contribution is -0.133. The van der Waals surface area contributed by atoms with Crippen molar-refractivity contribution < 1.29 is 4.79 Å². The molecular formula is C13H27N3O. The Kier molecular flexibility index (Phi) is 4.95. The van der Waals surface area contributed by atoms with Crippen LogP contribution in [0.25, 0.3) is 0 Å². The van der Waals surface area contributed by atoms with Crippen LogP contribution in [0.5, 0.6) is 0 Å². The minimum atomic E-state index is 0.141. The molecule has 1 fully saturated rings. The van der Waals surface area contributed by atoms with E-state index in [9.17, 15) is 4.79 Å². The lowest BCUT2D eigenvalue weighted by Gasteiger charge is -2.35. The van der Waals surface area contributed by atoms with Gasteiger partial charge in [-0.05, 0) is 34.9 Å². The number of piperazine rings is 1. The summed E-state index contributed by atoms with van der Waals surface area (Å²) in [6.07, 6.45) is 0.636. The molecule has 0 aromatic heterocycles. The fraction of sp³-hybridized carbons (Fsp3) is 0.923. The second kappa shape index (κ2) is 5.83. The van der Waals surface area contributed by atoms with Gasteiger partial charge < -0.3 is 14.7 Å². The number of nitrogens with zero attached hydrogens (tertiary/aromatic N) is 3. The molecule has 1 aliphatic rings. The topological polar surface area (TPSA) is 26.8 Å². The first kappa shape index (κ1) is 14.5. The van der Waals surface area contributed by atoms with Crippen molar-refractivity contribution in [1.82, 2.24) is 14.7 Å². The van der Waals surface area contributed by atoms with Gasteiger partial charge in [-0.2, -0.15) is 0 Å². The molecule has 0 saturated carbocycles. The van der Waals surface area contributed by atoms with E-state index in [1.54, 1.807) is 0 Å². The van der Waals surface area contributed by atoms with Crippen molar-refractivity contribution in [3.8, 4) is 0 Å². The first-order valence-corrected chi connectivity index (χ1v) is 6.48. The third-order valence-corrected chi connectivity index (χ3v) is 3.66. The Hall–Kier alpha value is -0.610. The highest BCUT2D eigenvalue weighted by Crippen LogP contribution is 2.11. The van der Waals surface area contributed by atoms with Crippen LogP contribution in [0.15, 0.2) is 0 Å². The van der Waals surface area contributed by atoms with Gasteiger partial charge in [0.15, 0.2) is 0 Å². The summed E-state index contributed by atoms with van der Waals surface area (Å²) in [5, 5.41) is 0. The Balaban J connectivity index is 2.30. The lowest BCUT2D eigenvalue weighted by Crippen LogP contribution is -2.48. The Morgan fingerprint density at radius 2 is 1.71 bits per heavy atom. The van der Waals surface area contributed by atoms with Gasteiger partial charge in [0.25, 0.3) is 0 Å². The number of hydrogen-bond donors (Lipinski definition) is 0. The van der Waals surface area contributed by atoms with Crippen LogP contribution >= 0.6 is 0 Å². The normalized spacial score (nSPS) is 18.8. The molecule has 0 spiro atoms. The molecule has 1 aliphatic heterocycles. The highest BCUT2D eigenvalue weighted by Gasteiger charge is 2.21. The van der Waals surface area contributed by atoms with Crippen LogP contribution in [0.2, 0.25) is 0 Å². The predicted molar refractivity (Wildman–Crippen MR) is 71.1 cm³/mol. The van der Waals surface area contributed by atoms with Gasteiger partial charge in [0.1, 0.15) is 0 Å². The predicted octanol–water partition coefficient (Wildman–Crippen LogP) is 0.881. The summed E-state index contributed by atoms with van der Waals surface area (Å²) in [4.78, 5) is 18.5. The average molecular weight is 241 g/mol. The fourth-order valence-electron chi connectivity index (χ4n) is 1.81. The third-order valence-electron chi connectivity index (χ3n) is 3.66. The molecule has 0 aromatic rings. The molecule has 4 nitrogen and oxygen atoms in total. The van der Waals surface area contributed by atoms with Crippen molar-refractivity contribution in [3.63, 3.8) is 0 Å². The number of likely N-dealkylation sites (N-methyl/N-ethyl adjacent to an activating group) is 1. The summed E-state index contributed by atoms with van der Waals surface area (Å²) in [5.41, 5.74) is 0.141. The molecule has 0 atom stereocenters. The largest absolute Gasteiger partial charge is 0.340 e. The molecule has 0 unspecified atom stereocenters. The van der Waals surface area contributed by atoms with E-state index in [2.05, 4.69) is 44.7 Å². The van der Waals surface area contributed by atoms with E-state index in [4.69, 9.17) is 0 Å². The molecule has 1 heterocycles. The van der Waals surface area contributed by atoms with Crippen LogP contribution in [0.4, 0.5) is 0 Å². The Labute approximate surface area is 106 Å². The molecule has 0 aromatic carbocycles. The summed E-state index contributed by atoms with van der Waals surface area (Å²) >= 11 is 0. The van der Waals surface area contributed by atoms with Crippen molar-refractivity contribution in [1.29, 1.82) is 0 Å². The number of carbonyl (C=O) groups is 1. The number of amides is 1. The monoisotopic (exact) mass is 241 g/mol. The molecule has 1 amide bonds. The molecule has 100 valence electrons. The van der Waals surface area contributed by atoms with Gasteiger partial charge in [0, 0.05) is 44.7 Å². The van der Waals surface area contributed by atoms with Crippen molar-refractivity contribution in [2.75, 3.05) is 46.8 Å². The number of hydrogen-bond acceptors (Lipinski definition) is 3. The molecule has 4 heteroatoms. The van der Waals surface area contributed by atoms with Gasteiger partial charge in [-0.25, -0.2) is 0 Å².